The molecule has 1 heterocycles. The molecule has 0 saturated carbocycles. The van der Waals surface area contributed by atoms with Crippen LogP contribution in [0.15, 0.2) is 30.3 Å². The van der Waals surface area contributed by atoms with Gasteiger partial charge in [0.25, 0.3) is 0 Å². The van der Waals surface area contributed by atoms with Crippen molar-refractivity contribution in [3.05, 3.63) is 36.0 Å². The average Bonchev–Trinajstić information content (AvgIpc) is 2.53. The summed E-state index contributed by atoms with van der Waals surface area (Å²) in [6.07, 6.45) is 0. The lowest BCUT2D eigenvalue weighted by Crippen LogP contribution is -2.24. The average molecular weight is 348 g/mol. The van der Waals surface area contributed by atoms with Crippen LogP contribution in [-0.4, -0.2) is 27.4 Å². The molecule has 0 spiro atoms. The molecule has 0 atom stereocenters. The Labute approximate surface area is 143 Å². The number of carbonyl (C=O) groups is 1. The maximum Gasteiger partial charge on any atom is 0.318 e. The van der Waals surface area contributed by atoms with Gasteiger partial charge in [-0.25, -0.2) is 14.8 Å². The van der Waals surface area contributed by atoms with E-state index >= 15 is 0 Å². The van der Waals surface area contributed by atoms with Crippen molar-refractivity contribution in [2.45, 2.75) is 5.75 Å². The van der Waals surface area contributed by atoms with E-state index < -0.39 is 0 Å². The smallest absolute Gasteiger partial charge is 0.318 e. The number of aromatic nitrogens is 2. The largest absolute Gasteiger partial charge is 0.384 e. The molecular weight excluding hydrogens is 332 g/mol. The van der Waals surface area contributed by atoms with Crippen molar-refractivity contribution in [1.82, 2.24) is 15.3 Å². The molecular formula is C14H16N6OS2. The van der Waals surface area contributed by atoms with Crippen molar-refractivity contribution in [2.24, 2.45) is 0 Å². The number of nitrogen functional groups attached to an aromatic ring is 1. The third-order valence-electron chi connectivity index (χ3n) is 2.78. The minimum atomic E-state index is -0.286. The summed E-state index contributed by atoms with van der Waals surface area (Å²) in [4.78, 5) is 19.9. The molecule has 0 bridgehead atoms. The fraction of sp³-hybridized carbons (Fsp3) is 0.143. The van der Waals surface area contributed by atoms with Gasteiger partial charge in [0.2, 0.25) is 0 Å². The number of carbonyl (C=O) groups excluding carboxylic acids is 1. The Hall–Kier alpha value is -2.26. The van der Waals surface area contributed by atoms with Gasteiger partial charge in [-0.1, -0.05) is 11.8 Å². The summed E-state index contributed by atoms with van der Waals surface area (Å²) in [5.74, 6) is 1.36. The Kier molecular flexibility index (Phi) is 5.83. The van der Waals surface area contributed by atoms with Crippen LogP contribution in [0.1, 0.15) is 5.69 Å². The van der Waals surface area contributed by atoms with Crippen LogP contribution in [0.25, 0.3) is 11.4 Å². The van der Waals surface area contributed by atoms with E-state index in [2.05, 4.69) is 33.2 Å². The first-order valence-corrected chi connectivity index (χ1v) is 8.04. The van der Waals surface area contributed by atoms with Crippen molar-refractivity contribution in [2.75, 3.05) is 18.1 Å². The van der Waals surface area contributed by atoms with Gasteiger partial charge in [0.15, 0.2) is 5.82 Å². The molecule has 0 aliphatic rings. The summed E-state index contributed by atoms with van der Waals surface area (Å²) in [6.45, 7) is 0. The first-order valence-electron chi connectivity index (χ1n) is 6.61. The molecule has 5 N–H and O–H groups in total. The molecule has 9 heteroatoms. The van der Waals surface area contributed by atoms with E-state index in [9.17, 15) is 4.79 Å². The summed E-state index contributed by atoms with van der Waals surface area (Å²) < 4.78 is 0.216. The number of nitrogens with two attached hydrogens (primary N) is 1. The fourth-order valence-electron chi connectivity index (χ4n) is 1.76. The van der Waals surface area contributed by atoms with Crippen molar-refractivity contribution in [3.8, 4) is 11.4 Å². The quantitative estimate of drug-likeness (QED) is 0.331. The number of urea groups is 1. The Morgan fingerprint density at radius 3 is 2.65 bits per heavy atom. The van der Waals surface area contributed by atoms with Gasteiger partial charge in [-0.15, -0.1) is 12.6 Å². The highest BCUT2D eigenvalue weighted by atomic mass is 32.2. The Balaban J connectivity index is 2.20. The van der Waals surface area contributed by atoms with E-state index in [1.807, 2.05) is 0 Å². The van der Waals surface area contributed by atoms with Crippen molar-refractivity contribution in [1.29, 1.82) is 5.41 Å². The minimum Gasteiger partial charge on any atom is -0.384 e. The predicted octanol–water partition coefficient (Wildman–Crippen LogP) is 2.57. The van der Waals surface area contributed by atoms with Gasteiger partial charge in [-0.2, -0.15) is 0 Å². The highest BCUT2D eigenvalue weighted by molar-refractivity contribution is 8.31. The molecule has 0 saturated heterocycles. The second-order valence-electron chi connectivity index (χ2n) is 4.48. The molecule has 120 valence electrons. The number of hydrogen-bond acceptors (Lipinski definition) is 6. The molecule has 1 aromatic carbocycles. The molecule has 1 aromatic heterocycles. The normalized spacial score (nSPS) is 10.2. The Morgan fingerprint density at radius 1 is 1.35 bits per heavy atom. The van der Waals surface area contributed by atoms with Gasteiger partial charge in [0, 0.05) is 30.1 Å². The molecule has 0 unspecified atom stereocenters. The van der Waals surface area contributed by atoms with E-state index in [-0.39, 0.29) is 10.4 Å². The van der Waals surface area contributed by atoms with Gasteiger partial charge in [-0.05, 0) is 24.3 Å². The SMILES string of the molecule is CNC(=O)Nc1ccc(-c2nc(N)cc(CSC(=N)S)n2)cc1. The van der Waals surface area contributed by atoms with Crippen LogP contribution in [0, 0.1) is 5.41 Å². The number of thiol groups is 1. The second-order valence-corrected chi connectivity index (χ2v) is 6.22. The van der Waals surface area contributed by atoms with Gasteiger partial charge in [0.1, 0.15) is 10.2 Å². The number of nitrogens with one attached hydrogen (secondary N) is 3. The molecule has 2 rings (SSSR count). The standard InChI is InChI=1S/C14H16N6OS2/c1-17-14(21)19-9-4-2-8(3-5-9)12-18-10(6-11(15)20-12)7-23-13(16)22/h2-6H,7H2,1H3,(H2,16,22)(H2,15,18,20)(H2,17,19,21). The Morgan fingerprint density at radius 2 is 2.04 bits per heavy atom. The summed E-state index contributed by atoms with van der Waals surface area (Å²) in [6, 6.07) is 8.51. The van der Waals surface area contributed by atoms with E-state index in [0.717, 1.165) is 11.3 Å². The van der Waals surface area contributed by atoms with Crippen LogP contribution in [0.4, 0.5) is 16.3 Å². The minimum absolute atomic E-state index is 0.216. The number of anilines is 2. The lowest BCUT2D eigenvalue weighted by atomic mass is 10.2. The molecule has 0 aliphatic heterocycles. The highest BCUT2D eigenvalue weighted by Gasteiger charge is 2.07. The maximum absolute atomic E-state index is 11.3. The lowest BCUT2D eigenvalue weighted by Gasteiger charge is -2.07. The first kappa shape index (κ1) is 17.1. The van der Waals surface area contributed by atoms with E-state index in [1.54, 1.807) is 37.4 Å². The predicted molar refractivity (Wildman–Crippen MR) is 98.0 cm³/mol. The molecule has 2 amide bonds. The molecule has 2 aromatic rings. The number of hydrogen-bond donors (Lipinski definition) is 5. The van der Waals surface area contributed by atoms with E-state index in [4.69, 9.17) is 11.1 Å². The third-order valence-corrected chi connectivity index (χ3v) is 3.88. The summed E-state index contributed by atoms with van der Waals surface area (Å²) >= 11 is 5.18. The van der Waals surface area contributed by atoms with E-state index in [0.29, 0.717) is 23.1 Å². The number of amides is 2. The second kappa shape index (κ2) is 7.84. The fourth-order valence-corrected chi connectivity index (χ4v) is 2.39. The third kappa shape index (κ3) is 5.15. The van der Waals surface area contributed by atoms with Crippen molar-refractivity contribution >= 4 is 46.3 Å². The lowest BCUT2D eigenvalue weighted by molar-refractivity contribution is 0.254. The summed E-state index contributed by atoms with van der Waals surface area (Å²) in [7, 11) is 1.55. The Bertz CT molecular complexity index is 720. The van der Waals surface area contributed by atoms with E-state index in [1.165, 1.54) is 11.8 Å². The molecule has 0 fully saturated rings. The zero-order valence-electron chi connectivity index (χ0n) is 12.3. The van der Waals surface area contributed by atoms with Crippen molar-refractivity contribution < 1.29 is 4.79 Å². The summed E-state index contributed by atoms with van der Waals surface area (Å²) in [5, 5.41) is 12.5. The molecule has 0 radical (unpaired) electrons. The van der Waals surface area contributed by atoms with Crippen LogP contribution >= 0.6 is 24.4 Å². The van der Waals surface area contributed by atoms with Crippen LogP contribution in [0.5, 0.6) is 0 Å². The van der Waals surface area contributed by atoms with Gasteiger partial charge in [-0.3, -0.25) is 5.41 Å². The zero-order chi connectivity index (χ0) is 16.8. The van der Waals surface area contributed by atoms with Crippen LogP contribution in [0.3, 0.4) is 0 Å². The van der Waals surface area contributed by atoms with Crippen LogP contribution in [0.2, 0.25) is 0 Å². The van der Waals surface area contributed by atoms with Crippen LogP contribution < -0.4 is 16.4 Å². The number of benzene rings is 1. The first-order chi connectivity index (χ1) is 11.0. The summed E-state index contributed by atoms with van der Waals surface area (Å²) in [5.41, 5.74) is 7.99. The number of thioether (sulfide) groups is 1. The van der Waals surface area contributed by atoms with Gasteiger partial charge >= 0.3 is 6.03 Å². The zero-order valence-corrected chi connectivity index (χ0v) is 14.0. The van der Waals surface area contributed by atoms with Crippen LogP contribution in [-0.2, 0) is 5.75 Å². The van der Waals surface area contributed by atoms with Crippen molar-refractivity contribution in [3.63, 3.8) is 0 Å². The van der Waals surface area contributed by atoms with Gasteiger partial charge < -0.3 is 16.4 Å². The topological polar surface area (TPSA) is 117 Å². The monoisotopic (exact) mass is 348 g/mol. The van der Waals surface area contributed by atoms with Gasteiger partial charge in [0.05, 0.1) is 5.69 Å². The highest BCUT2D eigenvalue weighted by Crippen LogP contribution is 2.21. The molecule has 0 aliphatic carbocycles. The number of rotatable bonds is 4. The number of nitrogens with zero attached hydrogens (tertiary/aromatic N) is 2. The maximum atomic E-state index is 11.3. The molecule has 7 nitrogen and oxygen atoms in total. The molecule has 23 heavy (non-hydrogen) atoms.